The van der Waals surface area contributed by atoms with E-state index in [9.17, 15) is 15.0 Å². The average molecular weight is 365 g/mol. The summed E-state index contributed by atoms with van der Waals surface area (Å²) in [4.78, 5) is 14.7. The Bertz CT molecular complexity index is 998. The zero-order valence-corrected chi connectivity index (χ0v) is 14.7. The van der Waals surface area contributed by atoms with E-state index in [1.54, 1.807) is 54.5 Å². The summed E-state index contributed by atoms with van der Waals surface area (Å²) in [7, 11) is 1.58. The number of aromatic amines is 1. The maximum absolute atomic E-state index is 13.0. The van der Waals surface area contributed by atoms with Crippen LogP contribution in [0.3, 0.4) is 0 Å². The van der Waals surface area contributed by atoms with E-state index < -0.39 is 6.04 Å². The minimum absolute atomic E-state index is 0.0873. The van der Waals surface area contributed by atoms with Crippen LogP contribution in [0, 0.1) is 0 Å². The van der Waals surface area contributed by atoms with Crippen LogP contribution in [0.4, 0.5) is 0 Å². The largest absolute Gasteiger partial charge is 0.508 e. The van der Waals surface area contributed by atoms with Gasteiger partial charge >= 0.3 is 0 Å². The van der Waals surface area contributed by atoms with Crippen molar-refractivity contribution in [3.8, 4) is 22.8 Å². The molecule has 7 nitrogen and oxygen atoms in total. The van der Waals surface area contributed by atoms with Gasteiger partial charge in [0.25, 0.3) is 5.91 Å². The van der Waals surface area contributed by atoms with Crippen molar-refractivity contribution in [1.82, 2.24) is 15.1 Å². The molecule has 4 rings (SSSR count). The fraction of sp³-hybridized carbons (Fsp3) is 0.200. The Hall–Kier alpha value is -3.32. The standard InChI is InChI=1S/C20H19N3O4/c1-27-10-9-23-19(12-5-4-6-13(24)11-12)16-17(21-22-18(16)20(23)26)14-7-2-3-8-15(14)25/h2-8,11,19,24-25H,9-10H2,1H3,(H,21,22)/t19-/m1/s1. The Morgan fingerprint density at radius 3 is 2.74 bits per heavy atom. The van der Waals surface area contributed by atoms with Crippen molar-refractivity contribution in [2.24, 2.45) is 0 Å². The molecule has 0 bridgehead atoms. The number of aromatic hydroxyl groups is 2. The number of phenolic OH excluding ortho intramolecular Hbond substituents is 2. The van der Waals surface area contributed by atoms with Crippen LogP contribution in [0.25, 0.3) is 11.3 Å². The van der Waals surface area contributed by atoms with Crippen molar-refractivity contribution in [3.05, 3.63) is 65.4 Å². The minimum Gasteiger partial charge on any atom is -0.508 e. The van der Waals surface area contributed by atoms with Gasteiger partial charge in [-0.25, -0.2) is 0 Å². The lowest BCUT2D eigenvalue weighted by atomic mass is 9.95. The number of hydrogen-bond donors (Lipinski definition) is 3. The SMILES string of the molecule is COCCN1C(=O)c2[nH]nc(-c3ccccc3O)c2[C@H]1c1cccc(O)c1. The number of nitrogens with zero attached hydrogens (tertiary/aromatic N) is 2. The first-order valence-electron chi connectivity index (χ1n) is 8.57. The monoisotopic (exact) mass is 365 g/mol. The number of nitrogens with one attached hydrogen (secondary N) is 1. The molecule has 0 saturated heterocycles. The topological polar surface area (TPSA) is 98.7 Å². The van der Waals surface area contributed by atoms with Gasteiger partial charge < -0.3 is 19.8 Å². The van der Waals surface area contributed by atoms with Crippen LogP contribution in [0.5, 0.6) is 11.5 Å². The zero-order chi connectivity index (χ0) is 19.0. The maximum Gasteiger partial charge on any atom is 0.273 e. The number of phenols is 2. The van der Waals surface area contributed by atoms with Crippen molar-refractivity contribution < 1.29 is 19.7 Å². The Balaban J connectivity index is 1.89. The van der Waals surface area contributed by atoms with Crippen LogP contribution >= 0.6 is 0 Å². The van der Waals surface area contributed by atoms with Gasteiger partial charge in [0.05, 0.1) is 12.6 Å². The first kappa shape index (κ1) is 17.1. The number of aromatic nitrogens is 2. The molecule has 1 aliphatic heterocycles. The quantitative estimate of drug-likeness (QED) is 0.646. The predicted octanol–water partition coefficient (Wildman–Crippen LogP) is 2.68. The van der Waals surface area contributed by atoms with Crippen LogP contribution in [0.15, 0.2) is 48.5 Å². The van der Waals surface area contributed by atoms with Crippen LogP contribution in [-0.2, 0) is 4.74 Å². The second-order valence-corrected chi connectivity index (χ2v) is 6.37. The van der Waals surface area contributed by atoms with Crippen LogP contribution in [-0.4, -0.2) is 51.5 Å². The van der Waals surface area contributed by atoms with Crippen LogP contribution in [0.2, 0.25) is 0 Å². The normalized spacial score (nSPS) is 16.0. The van der Waals surface area contributed by atoms with Gasteiger partial charge in [0, 0.05) is 24.8 Å². The first-order chi connectivity index (χ1) is 13.1. The highest BCUT2D eigenvalue weighted by Gasteiger charge is 2.42. The number of amides is 1. The zero-order valence-electron chi connectivity index (χ0n) is 14.7. The van der Waals surface area contributed by atoms with Crippen molar-refractivity contribution in [2.45, 2.75) is 6.04 Å². The van der Waals surface area contributed by atoms with Gasteiger partial charge in [-0.05, 0) is 29.8 Å². The van der Waals surface area contributed by atoms with E-state index in [0.717, 1.165) is 5.56 Å². The molecule has 0 fully saturated rings. The molecule has 3 aromatic rings. The second-order valence-electron chi connectivity index (χ2n) is 6.37. The van der Waals surface area contributed by atoms with E-state index in [0.29, 0.717) is 35.7 Å². The van der Waals surface area contributed by atoms with Gasteiger partial charge in [-0.2, -0.15) is 5.10 Å². The van der Waals surface area contributed by atoms with Crippen molar-refractivity contribution in [1.29, 1.82) is 0 Å². The molecule has 2 aromatic carbocycles. The molecular formula is C20H19N3O4. The third kappa shape index (κ3) is 2.82. The number of hydrogen-bond acceptors (Lipinski definition) is 5. The first-order valence-corrected chi connectivity index (χ1v) is 8.57. The van der Waals surface area contributed by atoms with E-state index in [-0.39, 0.29) is 17.4 Å². The van der Waals surface area contributed by atoms with Crippen LogP contribution in [0.1, 0.15) is 27.7 Å². The molecule has 1 amide bonds. The van der Waals surface area contributed by atoms with Gasteiger partial charge in [0.2, 0.25) is 0 Å². The average Bonchev–Trinajstić information content (AvgIpc) is 3.20. The summed E-state index contributed by atoms with van der Waals surface area (Å²) in [5.74, 6) is 0.0153. The highest BCUT2D eigenvalue weighted by atomic mass is 16.5. The number of carbonyl (C=O) groups is 1. The van der Waals surface area contributed by atoms with Gasteiger partial charge in [-0.15, -0.1) is 0 Å². The predicted molar refractivity (Wildman–Crippen MR) is 98.6 cm³/mol. The molecule has 3 N–H and O–H groups in total. The molecule has 2 heterocycles. The Kier molecular flexibility index (Phi) is 4.29. The van der Waals surface area contributed by atoms with E-state index in [1.165, 1.54) is 0 Å². The summed E-state index contributed by atoms with van der Waals surface area (Å²) in [6.45, 7) is 0.767. The number of benzene rings is 2. The molecule has 0 unspecified atom stereocenters. The number of H-pyrrole nitrogens is 1. The van der Waals surface area contributed by atoms with Crippen molar-refractivity contribution >= 4 is 5.91 Å². The molecule has 1 aliphatic rings. The summed E-state index contributed by atoms with van der Waals surface area (Å²) in [5, 5.41) is 27.3. The molecule has 0 radical (unpaired) electrons. The smallest absolute Gasteiger partial charge is 0.273 e. The maximum atomic E-state index is 13.0. The van der Waals surface area contributed by atoms with E-state index >= 15 is 0 Å². The van der Waals surface area contributed by atoms with Crippen molar-refractivity contribution in [2.75, 3.05) is 20.3 Å². The molecule has 0 spiro atoms. The number of fused-ring (bicyclic) bond motifs is 1. The number of rotatable bonds is 5. The number of para-hydroxylation sites is 1. The summed E-state index contributed by atoms with van der Waals surface area (Å²) in [6.07, 6.45) is 0. The fourth-order valence-corrected chi connectivity index (χ4v) is 3.54. The van der Waals surface area contributed by atoms with Gasteiger partial charge in [-0.1, -0.05) is 24.3 Å². The third-order valence-corrected chi connectivity index (χ3v) is 4.75. The number of methoxy groups -OCH3 is 1. The Morgan fingerprint density at radius 2 is 2.00 bits per heavy atom. The van der Waals surface area contributed by atoms with Gasteiger partial charge in [0.15, 0.2) is 0 Å². The summed E-state index contributed by atoms with van der Waals surface area (Å²) < 4.78 is 5.16. The van der Waals surface area contributed by atoms with Gasteiger partial charge in [0.1, 0.15) is 22.9 Å². The van der Waals surface area contributed by atoms with E-state index in [1.807, 2.05) is 6.07 Å². The highest BCUT2D eigenvalue weighted by molar-refractivity contribution is 6.00. The lowest BCUT2D eigenvalue weighted by Crippen LogP contribution is -2.32. The summed E-state index contributed by atoms with van der Waals surface area (Å²) in [6, 6.07) is 13.2. The van der Waals surface area contributed by atoms with Crippen molar-refractivity contribution in [3.63, 3.8) is 0 Å². The molecule has 1 atom stereocenters. The van der Waals surface area contributed by atoms with Gasteiger partial charge in [-0.3, -0.25) is 9.89 Å². The fourth-order valence-electron chi connectivity index (χ4n) is 3.54. The van der Waals surface area contributed by atoms with Crippen LogP contribution < -0.4 is 0 Å². The molecule has 138 valence electrons. The molecule has 1 aromatic heterocycles. The number of ether oxygens (including phenoxy) is 1. The molecule has 7 heteroatoms. The molecule has 0 aliphatic carbocycles. The molecule has 27 heavy (non-hydrogen) atoms. The number of carbonyl (C=O) groups excluding carboxylic acids is 1. The lowest BCUT2D eigenvalue weighted by Gasteiger charge is -2.26. The Morgan fingerprint density at radius 1 is 1.19 bits per heavy atom. The minimum atomic E-state index is -0.442. The van der Waals surface area contributed by atoms with E-state index in [2.05, 4.69) is 10.2 Å². The summed E-state index contributed by atoms with van der Waals surface area (Å²) >= 11 is 0. The molecular weight excluding hydrogens is 346 g/mol. The third-order valence-electron chi connectivity index (χ3n) is 4.75. The Labute approximate surface area is 155 Å². The van der Waals surface area contributed by atoms with E-state index in [4.69, 9.17) is 4.74 Å². The lowest BCUT2D eigenvalue weighted by molar-refractivity contribution is 0.0677. The second kappa shape index (κ2) is 6.77. The summed E-state index contributed by atoms with van der Waals surface area (Å²) in [5.41, 5.74) is 2.89. The highest BCUT2D eigenvalue weighted by Crippen LogP contribution is 2.44. The molecule has 0 saturated carbocycles.